The lowest BCUT2D eigenvalue weighted by molar-refractivity contribution is -0.140. The van der Waals surface area contributed by atoms with Gasteiger partial charge >= 0.3 is 12.1 Å². The van der Waals surface area contributed by atoms with E-state index in [-0.39, 0.29) is 12.8 Å². The lowest BCUT2D eigenvalue weighted by Gasteiger charge is -2.13. The summed E-state index contributed by atoms with van der Waals surface area (Å²) < 4.78 is 79.9. The Morgan fingerprint density at radius 3 is 2.42 bits per heavy atom. The summed E-state index contributed by atoms with van der Waals surface area (Å²) >= 11 is 0. The van der Waals surface area contributed by atoms with Gasteiger partial charge in [0.1, 0.15) is 11.4 Å². The summed E-state index contributed by atoms with van der Waals surface area (Å²) in [7, 11) is 0. The van der Waals surface area contributed by atoms with Crippen LogP contribution in [0.5, 0.6) is 0 Å². The summed E-state index contributed by atoms with van der Waals surface area (Å²) in [4.78, 5) is 14.1. The number of carbonyl (C=O) groups excluding carboxylic acids is 1. The van der Waals surface area contributed by atoms with Crippen molar-refractivity contribution in [3.05, 3.63) is 28.8 Å². The first-order valence-corrected chi connectivity index (χ1v) is 4.91. The molecule has 3 nitrogen and oxygen atoms in total. The fourth-order valence-electron chi connectivity index (χ4n) is 1.26. The van der Waals surface area contributed by atoms with Gasteiger partial charge in [-0.05, 0) is 6.92 Å². The Hall–Kier alpha value is -1.80. The molecule has 0 spiro atoms. The number of hydrogen-bond acceptors (Lipinski definition) is 3. The van der Waals surface area contributed by atoms with E-state index in [0.717, 1.165) is 0 Å². The van der Waals surface area contributed by atoms with E-state index < -0.39 is 41.2 Å². The Morgan fingerprint density at radius 2 is 2.00 bits per heavy atom. The van der Waals surface area contributed by atoms with Crippen LogP contribution in [0.15, 0.2) is 6.20 Å². The zero-order chi connectivity index (χ0) is 14.8. The summed E-state index contributed by atoms with van der Waals surface area (Å²) in [5.41, 5.74) is -4.84. The van der Waals surface area contributed by atoms with E-state index in [2.05, 4.69) is 9.72 Å². The second kappa shape index (κ2) is 5.45. The maximum Gasteiger partial charge on any atom is 0.420 e. The molecular formula is C10H7F6NO2. The summed E-state index contributed by atoms with van der Waals surface area (Å²) in [6.07, 6.45) is -8.84. The van der Waals surface area contributed by atoms with Crippen molar-refractivity contribution in [2.75, 3.05) is 6.61 Å². The van der Waals surface area contributed by atoms with Gasteiger partial charge in [0.2, 0.25) is 0 Å². The van der Waals surface area contributed by atoms with E-state index in [1.807, 2.05) is 0 Å². The molecule has 1 aromatic heterocycles. The van der Waals surface area contributed by atoms with Crippen LogP contribution in [0.3, 0.4) is 0 Å². The highest BCUT2D eigenvalue weighted by Gasteiger charge is 2.39. The van der Waals surface area contributed by atoms with Crippen LogP contribution in [0, 0.1) is 5.82 Å². The van der Waals surface area contributed by atoms with Crippen molar-refractivity contribution in [1.29, 1.82) is 0 Å². The van der Waals surface area contributed by atoms with Crippen LogP contribution in [0.4, 0.5) is 26.3 Å². The largest absolute Gasteiger partial charge is 0.461 e. The maximum absolute atomic E-state index is 13.4. The Labute approximate surface area is 103 Å². The van der Waals surface area contributed by atoms with Crippen LogP contribution >= 0.6 is 0 Å². The molecule has 0 bridgehead atoms. The Kier molecular flexibility index (Phi) is 4.38. The molecular weight excluding hydrogens is 280 g/mol. The number of hydrogen-bond donors (Lipinski definition) is 0. The quantitative estimate of drug-likeness (QED) is 0.632. The second-order valence-corrected chi connectivity index (χ2v) is 3.27. The molecule has 0 fully saturated rings. The van der Waals surface area contributed by atoms with Gasteiger partial charge in [-0.1, -0.05) is 0 Å². The number of pyridine rings is 1. The molecule has 0 saturated carbocycles. The smallest absolute Gasteiger partial charge is 0.420 e. The minimum atomic E-state index is -5.19. The monoisotopic (exact) mass is 287 g/mol. The van der Waals surface area contributed by atoms with E-state index in [9.17, 15) is 31.1 Å². The Morgan fingerprint density at radius 1 is 1.42 bits per heavy atom. The molecule has 0 radical (unpaired) electrons. The van der Waals surface area contributed by atoms with Crippen molar-refractivity contribution in [2.45, 2.75) is 19.5 Å². The van der Waals surface area contributed by atoms with Crippen LogP contribution in [-0.4, -0.2) is 17.6 Å². The summed E-state index contributed by atoms with van der Waals surface area (Å²) in [6, 6.07) is 0. The first kappa shape index (κ1) is 15.3. The standard InChI is InChI=1S/C10H7F6NO2/c1-2-19-9(18)7-5(8(12)13)6(11)4(3-17-7)10(14,15)16/h3,8H,2H2,1H3. The van der Waals surface area contributed by atoms with Gasteiger partial charge in [0.15, 0.2) is 5.69 Å². The number of alkyl halides is 5. The van der Waals surface area contributed by atoms with Gasteiger partial charge in [-0.15, -0.1) is 0 Å². The molecule has 1 rings (SSSR count). The van der Waals surface area contributed by atoms with E-state index in [1.54, 1.807) is 0 Å². The number of halogens is 6. The molecule has 1 aromatic rings. The SMILES string of the molecule is CCOC(=O)c1ncc(C(F)(F)F)c(F)c1C(F)F. The van der Waals surface area contributed by atoms with Crippen LogP contribution in [-0.2, 0) is 10.9 Å². The van der Waals surface area contributed by atoms with Gasteiger partial charge in [-0.25, -0.2) is 22.9 Å². The van der Waals surface area contributed by atoms with Gasteiger partial charge in [-0.2, -0.15) is 13.2 Å². The number of aromatic nitrogens is 1. The van der Waals surface area contributed by atoms with E-state index >= 15 is 0 Å². The van der Waals surface area contributed by atoms with Crippen molar-refractivity contribution in [1.82, 2.24) is 4.98 Å². The number of esters is 1. The molecule has 0 aliphatic carbocycles. The molecule has 0 unspecified atom stereocenters. The average molecular weight is 287 g/mol. The van der Waals surface area contributed by atoms with Gasteiger partial charge in [-0.3, -0.25) is 0 Å². The van der Waals surface area contributed by atoms with E-state index in [4.69, 9.17) is 0 Å². The maximum atomic E-state index is 13.4. The highest BCUT2D eigenvalue weighted by molar-refractivity contribution is 5.89. The summed E-state index contributed by atoms with van der Waals surface area (Å²) in [5.74, 6) is -3.63. The topological polar surface area (TPSA) is 39.2 Å². The molecule has 0 N–H and O–H groups in total. The fourth-order valence-corrected chi connectivity index (χ4v) is 1.26. The molecule has 0 aliphatic heterocycles. The second-order valence-electron chi connectivity index (χ2n) is 3.27. The predicted octanol–water partition coefficient (Wildman–Crippen LogP) is 3.35. The first-order chi connectivity index (χ1) is 8.70. The van der Waals surface area contributed by atoms with E-state index in [0.29, 0.717) is 0 Å². The summed E-state index contributed by atoms with van der Waals surface area (Å²) in [5, 5.41) is 0. The molecule has 9 heteroatoms. The van der Waals surface area contributed by atoms with Crippen LogP contribution in [0.25, 0.3) is 0 Å². The van der Waals surface area contributed by atoms with Crippen molar-refractivity contribution in [3.63, 3.8) is 0 Å². The average Bonchev–Trinajstić information content (AvgIpc) is 2.26. The lowest BCUT2D eigenvalue weighted by Crippen LogP contribution is -2.17. The third kappa shape index (κ3) is 3.15. The zero-order valence-electron chi connectivity index (χ0n) is 9.39. The fraction of sp³-hybridized carbons (Fsp3) is 0.400. The molecule has 0 saturated heterocycles. The highest BCUT2D eigenvalue weighted by atomic mass is 19.4. The molecule has 0 aliphatic rings. The summed E-state index contributed by atoms with van der Waals surface area (Å²) in [6.45, 7) is 1.13. The first-order valence-electron chi connectivity index (χ1n) is 4.91. The van der Waals surface area contributed by atoms with Gasteiger partial charge in [0.05, 0.1) is 12.2 Å². The molecule has 106 valence electrons. The van der Waals surface area contributed by atoms with Gasteiger partial charge < -0.3 is 4.74 Å². The Balaban J connectivity index is 3.45. The van der Waals surface area contributed by atoms with Crippen LogP contribution < -0.4 is 0 Å². The molecule has 0 amide bonds. The van der Waals surface area contributed by atoms with Crippen molar-refractivity contribution in [3.8, 4) is 0 Å². The molecule has 19 heavy (non-hydrogen) atoms. The lowest BCUT2D eigenvalue weighted by atomic mass is 10.1. The third-order valence-electron chi connectivity index (χ3n) is 2.04. The number of carbonyl (C=O) groups is 1. The number of rotatable bonds is 3. The normalized spacial score (nSPS) is 11.8. The van der Waals surface area contributed by atoms with Gasteiger partial charge in [0, 0.05) is 6.20 Å². The number of nitrogens with zero attached hydrogens (tertiary/aromatic N) is 1. The van der Waals surface area contributed by atoms with Gasteiger partial charge in [0.25, 0.3) is 6.43 Å². The van der Waals surface area contributed by atoms with Crippen LogP contribution in [0.2, 0.25) is 0 Å². The number of ether oxygens (including phenoxy) is 1. The van der Waals surface area contributed by atoms with Crippen molar-refractivity contribution < 1.29 is 35.9 Å². The Bertz CT molecular complexity index is 486. The van der Waals surface area contributed by atoms with Crippen molar-refractivity contribution >= 4 is 5.97 Å². The van der Waals surface area contributed by atoms with E-state index in [1.165, 1.54) is 6.92 Å². The zero-order valence-corrected chi connectivity index (χ0v) is 9.39. The molecule has 1 heterocycles. The minimum Gasteiger partial charge on any atom is -0.461 e. The third-order valence-corrected chi connectivity index (χ3v) is 2.04. The predicted molar refractivity (Wildman–Crippen MR) is 50.1 cm³/mol. The van der Waals surface area contributed by atoms with Crippen LogP contribution in [0.1, 0.15) is 35.0 Å². The molecule has 0 aromatic carbocycles. The minimum absolute atomic E-state index is 0.0204. The van der Waals surface area contributed by atoms with Crippen molar-refractivity contribution in [2.24, 2.45) is 0 Å². The molecule has 0 atom stereocenters. The highest BCUT2D eigenvalue weighted by Crippen LogP contribution is 2.35.